The molecule has 0 bridgehead atoms. The van der Waals surface area contributed by atoms with Gasteiger partial charge >= 0.3 is 5.97 Å². The van der Waals surface area contributed by atoms with Crippen molar-refractivity contribution in [3.8, 4) is 0 Å². The molecule has 4 aromatic rings. The first kappa shape index (κ1) is 21.4. The van der Waals surface area contributed by atoms with E-state index in [0.717, 1.165) is 10.9 Å². The van der Waals surface area contributed by atoms with Crippen molar-refractivity contribution in [3.63, 3.8) is 0 Å². The Kier molecular flexibility index (Phi) is 5.55. The number of methoxy groups -OCH3 is 1. The zero-order valence-electron chi connectivity index (χ0n) is 18.5. The maximum absolute atomic E-state index is 14.0. The van der Waals surface area contributed by atoms with Crippen LogP contribution in [0.4, 0.5) is 17.1 Å². The fraction of sp³-hybridized carbons (Fsp3) is 0.154. The van der Waals surface area contributed by atoms with E-state index in [2.05, 4.69) is 10.2 Å². The van der Waals surface area contributed by atoms with Gasteiger partial charge in [-0.25, -0.2) is 0 Å². The lowest BCUT2D eigenvalue weighted by molar-refractivity contribution is -0.141. The third-order valence-corrected chi connectivity index (χ3v) is 5.97. The molecule has 34 heavy (non-hydrogen) atoms. The summed E-state index contributed by atoms with van der Waals surface area (Å²) >= 11 is 0. The van der Waals surface area contributed by atoms with E-state index in [0.29, 0.717) is 22.8 Å². The Balaban J connectivity index is 1.66. The lowest BCUT2D eigenvalue weighted by Gasteiger charge is -2.25. The highest BCUT2D eigenvalue weighted by Crippen LogP contribution is 2.40. The maximum atomic E-state index is 14.0. The van der Waals surface area contributed by atoms with Gasteiger partial charge in [-0.3, -0.25) is 29.3 Å². The molecular weight excluding hydrogens is 432 g/mol. The summed E-state index contributed by atoms with van der Waals surface area (Å²) in [5, 5.41) is 8.13. The molecule has 1 aliphatic heterocycles. The zero-order valence-corrected chi connectivity index (χ0v) is 18.5. The van der Waals surface area contributed by atoms with Crippen molar-refractivity contribution < 1.29 is 19.1 Å². The number of hydrogen-bond acceptors (Lipinski definition) is 5. The van der Waals surface area contributed by atoms with E-state index in [1.54, 1.807) is 29.2 Å². The Bertz CT molecular complexity index is 1380. The van der Waals surface area contributed by atoms with Gasteiger partial charge in [-0.1, -0.05) is 48.5 Å². The standard InChI is InChI=1S/C26H22N4O4/c1-34-24(31)16-29-22-13-7-8-14-23(22)30(17-9-3-2-4-10-17)26(33)19(25(29)32)15-21-18-11-5-6-12-20(18)27-28-21/h2-14,19H,15-16H2,1H3,(H,27,28)/t19-/m1/s1. The van der Waals surface area contributed by atoms with Crippen LogP contribution < -0.4 is 9.80 Å². The van der Waals surface area contributed by atoms with E-state index in [1.165, 1.54) is 12.0 Å². The number of hydrogen-bond donors (Lipinski definition) is 1. The van der Waals surface area contributed by atoms with E-state index in [9.17, 15) is 14.4 Å². The highest BCUT2D eigenvalue weighted by molar-refractivity contribution is 6.21. The van der Waals surface area contributed by atoms with Gasteiger partial charge in [0.05, 0.1) is 24.0 Å². The molecule has 0 spiro atoms. The second kappa shape index (κ2) is 8.82. The molecule has 0 radical (unpaired) electrons. The molecular formula is C26H22N4O4. The summed E-state index contributed by atoms with van der Waals surface area (Å²) < 4.78 is 4.85. The molecule has 5 rings (SSSR count). The van der Waals surface area contributed by atoms with Crippen LogP contribution in [-0.4, -0.2) is 41.6 Å². The van der Waals surface area contributed by atoms with Crippen LogP contribution in [0.3, 0.4) is 0 Å². The summed E-state index contributed by atoms with van der Waals surface area (Å²) in [6.45, 7) is -0.303. The summed E-state index contributed by atoms with van der Waals surface area (Å²) in [7, 11) is 1.27. The zero-order chi connectivity index (χ0) is 23.7. The third-order valence-electron chi connectivity index (χ3n) is 5.97. The number of ether oxygens (including phenoxy) is 1. The SMILES string of the molecule is COC(=O)CN1C(=O)[C@@H](Cc2[nH]nc3ccccc23)C(=O)N(c2ccccc2)c2ccccc21. The predicted molar refractivity (Wildman–Crippen MR) is 128 cm³/mol. The number of aromatic amines is 1. The van der Waals surface area contributed by atoms with E-state index < -0.39 is 17.8 Å². The minimum Gasteiger partial charge on any atom is -0.468 e. The van der Waals surface area contributed by atoms with Crippen molar-refractivity contribution in [1.29, 1.82) is 0 Å². The Hall–Kier alpha value is -4.46. The topological polar surface area (TPSA) is 95.6 Å². The van der Waals surface area contributed by atoms with Gasteiger partial charge in [0.1, 0.15) is 12.5 Å². The summed E-state index contributed by atoms with van der Waals surface area (Å²) in [5.41, 5.74) is 3.05. The molecule has 170 valence electrons. The molecule has 0 aliphatic carbocycles. The fourth-order valence-corrected chi connectivity index (χ4v) is 4.32. The average molecular weight is 454 g/mol. The number of nitrogens with one attached hydrogen (secondary N) is 1. The number of nitrogens with zero attached hydrogens (tertiary/aromatic N) is 3. The van der Waals surface area contributed by atoms with Gasteiger partial charge in [-0.15, -0.1) is 0 Å². The van der Waals surface area contributed by atoms with Gasteiger partial charge in [0, 0.05) is 23.2 Å². The van der Waals surface area contributed by atoms with Crippen LogP contribution in [0.2, 0.25) is 0 Å². The number of anilines is 3. The first-order valence-corrected chi connectivity index (χ1v) is 10.9. The second-order valence-corrected chi connectivity index (χ2v) is 7.97. The number of amides is 2. The third kappa shape index (κ3) is 3.69. The van der Waals surface area contributed by atoms with Crippen LogP contribution in [0, 0.1) is 5.92 Å². The van der Waals surface area contributed by atoms with Crippen molar-refractivity contribution in [2.45, 2.75) is 6.42 Å². The summed E-state index contributed by atoms with van der Waals surface area (Å²) in [6, 6.07) is 23.8. The number of benzene rings is 3. The largest absolute Gasteiger partial charge is 0.468 e. The first-order valence-electron chi connectivity index (χ1n) is 10.9. The lowest BCUT2D eigenvalue weighted by Crippen LogP contribution is -2.44. The van der Waals surface area contributed by atoms with Crippen LogP contribution in [0.5, 0.6) is 0 Å². The number of rotatable bonds is 5. The van der Waals surface area contributed by atoms with Crippen LogP contribution in [0.15, 0.2) is 78.9 Å². The molecule has 0 unspecified atom stereocenters. The molecule has 1 aromatic heterocycles. The van der Waals surface area contributed by atoms with E-state index in [1.807, 2.05) is 54.6 Å². The molecule has 2 amide bonds. The van der Waals surface area contributed by atoms with Crippen molar-refractivity contribution >= 4 is 45.7 Å². The maximum Gasteiger partial charge on any atom is 0.325 e. The van der Waals surface area contributed by atoms with Gasteiger partial charge in [-0.2, -0.15) is 5.10 Å². The molecule has 1 atom stereocenters. The number of aromatic nitrogens is 2. The highest BCUT2D eigenvalue weighted by atomic mass is 16.5. The highest BCUT2D eigenvalue weighted by Gasteiger charge is 2.42. The smallest absolute Gasteiger partial charge is 0.325 e. The number of fused-ring (bicyclic) bond motifs is 2. The van der Waals surface area contributed by atoms with Gasteiger partial charge < -0.3 is 4.74 Å². The molecule has 1 N–H and O–H groups in total. The molecule has 0 saturated heterocycles. The van der Waals surface area contributed by atoms with E-state index >= 15 is 0 Å². The molecule has 2 heterocycles. The lowest BCUT2D eigenvalue weighted by atomic mass is 9.98. The molecule has 8 nitrogen and oxygen atoms in total. The molecule has 0 fully saturated rings. The molecule has 1 aliphatic rings. The Morgan fingerprint density at radius 2 is 1.59 bits per heavy atom. The molecule has 3 aromatic carbocycles. The minimum absolute atomic E-state index is 0.104. The monoisotopic (exact) mass is 454 g/mol. The van der Waals surface area contributed by atoms with Crippen LogP contribution in [-0.2, 0) is 25.5 Å². The molecule has 0 saturated carbocycles. The van der Waals surface area contributed by atoms with Crippen molar-refractivity contribution in [2.75, 3.05) is 23.5 Å². The molecule has 8 heteroatoms. The van der Waals surface area contributed by atoms with Gasteiger partial charge in [0.2, 0.25) is 11.8 Å². The normalized spacial score (nSPS) is 15.9. The number of esters is 1. The summed E-state index contributed by atoms with van der Waals surface area (Å²) in [5.74, 6) is -2.51. The Morgan fingerprint density at radius 3 is 2.35 bits per heavy atom. The van der Waals surface area contributed by atoms with Crippen LogP contribution in [0.1, 0.15) is 5.69 Å². The van der Waals surface area contributed by atoms with Crippen LogP contribution in [0.25, 0.3) is 10.9 Å². The Labute approximate surface area is 195 Å². The minimum atomic E-state index is -1.08. The number of para-hydroxylation sites is 4. The fourth-order valence-electron chi connectivity index (χ4n) is 4.32. The average Bonchev–Trinajstić information content (AvgIpc) is 3.26. The second-order valence-electron chi connectivity index (χ2n) is 7.97. The van der Waals surface area contributed by atoms with Crippen molar-refractivity contribution in [2.24, 2.45) is 5.92 Å². The summed E-state index contributed by atoms with van der Waals surface area (Å²) in [4.78, 5) is 43.0. The van der Waals surface area contributed by atoms with Crippen molar-refractivity contribution in [1.82, 2.24) is 10.2 Å². The summed E-state index contributed by atoms with van der Waals surface area (Å²) in [6.07, 6.45) is 0.104. The first-order chi connectivity index (χ1) is 16.6. The quantitative estimate of drug-likeness (QED) is 0.367. The van der Waals surface area contributed by atoms with E-state index in [-0.39, 0.29) is 18.9 Å². The van der Waals surface area contributed by atoms with Gasteiger partial charge in [-0.05, 0) is 30.3 Å². The van der Waals surface area contributed by atoms with Gasteiger partial charge in [0.15, 0.2) is 0 Å². The number of carbonyl (C=O) groups is 3. The Morgan fingerprint density at radius 1 is 0.912 bits per heavy atom. The van der Waals surface area contributed by atoms with Crippen LogP contribution >= 0.6 is 0 Å². The van der Waals surface area contributed by atoms with Gasteiger partial charge in [0.25, 0.3) is 0 Å². The van der Waals surface area contributed by atoms with E-state index in [4.69, 9.17) is 4.74 Å². The van der Waals surface area contributed by atoms with Crippen molar-refractivity contribution in [3.05, 3.63) is 84.6 Å². The number of carbonyl (C=O) groups excluding carboxylic acids is 3. The predicted octanol–water partition coefficient (Wildman–Crippen LogP) is 3.61. The number of H-pyrrole nitrogens is 1.